The van der Waals surface area contributed by atoms with Crippen LogP contribution in [0.5, 0.6) is 5.75 Å². The monoisotopic (exact) mass is 299 g/mol. The number of piperidine rings is 1. The van der Waals surface area contributed by atoms with Crippen molar-refractivity contribution in [2.24, 2.45) is 5.92 Å². The number of nitrogens with zero attached hydrogens (tertiary/aromatic N) is 1. The van der Waals surface area contributed by atoms with Crippen molar-refractivity contribution in [3.63, 3.8) is 0 Å². The van der Waals surface area contributed by atoms with E-state index < -0.39 is 0 Å². The average molecular weight is 299 g/mol. The van der Waals surface area contributed by atoms with Crippen LogP contribution in [0.25, 0.3) is 0 Å². The molecule has 2 fully saturated rings. The summed E-state index contributed by atoms with van der Waals surface area (Å²) < 4.78 is 11.3. The lowest BCUT2D eigenvalue weighted by molar-refractivity contribution is -0.0187. The normalized spacial score (nSPS) is 36.8. The van der Waals surface area contributed by atoms with Gasteiger partial charge >= 0.3 is 0 Å². The summed E-state index contributed by atoms with van der Waals surface area (Å²) >= 11 is 0. The fourth-order valence-corrected chi connectivity index (χ4v) is 5.79. The second kappa shape index (κ2) is 4.72. The molecule has 0 amide bonds. The standard InChI is InChI=1S/C19H25NO2/c1-20-7-6-19-5-3-2-4-15(19)17(20)9-13-8-14-11-21-12-22-18(14)10-16(13)19/h8,10,15,17H,2-7,9,11-12H2,1H3. The molecule has 2 aliphatic heterocycles. The van der Waals surface area contributed by atoms with Crippen LogP contribution in [0.2, 0.25) is 0 Å². The number of hydrogen-bond acceptors (Lipinski definition) is 3. The Kier molecular flexibility index (Phi) is 2.87. The summed E-state index contributed by atoms with van der Waals surface area (Å²) in [7, 11) is 2.33. The van der Waals surface area contributed by atoms with Crippen molar-refractivity contribution in [3.05, 3.63) is 28.8 Å². The Labute approximate surface area is 132 Å². The lowest BCUT2D eigenvalue weighted by Crippen LogP contribution is -2.59. The second-order valence-corrected chi connectivity index (χ2v) is 7.74. The number of likely N-dealkylation sites (tertiary alicyclic amines) is 1. The lowest BCUT2D eigenvalue weighted by atomic mass is 9.52. The maximum Gasteiger partial charge on any atom is 0.189 e. The molecule has 22 heavy (non-hydrogen) atoms. The molecule has 0 radical (unpaired) electrons. The van der Waals surface area contributed by atoms with Gasteiger partial charge in [-0.05, 0) is 68.5 Å². The first-order chi connectivity index (χ1) is 10.8. The molecule has 0 spiro atoms. The first kappa shape index (κ1) is 13.4. The van der Waals surface area contributed by atoms with Gasteiger partial charge in [0.25, 0.3) is 0 Å². The first-order valence-corrected chi connectivity index (χ1v) is 8.85. The number of ether oxygens (including phenoxy) is 2. The van der Waals surface area contributed by atoms with E-state index in [0.717, 1.165) is 17.7 Å². The van der Waals surface area contributed by atoms with Gasteiger partial charge in [-0.1, -0.05) is 12.8 Å². The molecule has 2 bridgehead atoms. The van der Waals surface area contributed by atoms with Crippen molar-refractivity contribution in [2.45, 2.75) is 56.6 Å². The van der Waals surface area contributed by atoms with Crippen LogP contribution in [0.1, 0.15) is 48.8 Å². The van der Waals surface area contributed by atoms with Crippen LogP contribution in [0.3, 0.4) is 0 Å². The van der Waals surface area contributed by atoms with E-state index in [-0.39, 0.29) is 0 Å². The topological polar surface area (TPSA) is 21.7 Å². The third-order valence-corrected chi connectivity index (χ3v) is 6.85. The molecule has 1 saturated heterocycles. The summed E-state index contributed by atoms with van der Waals surface area (Å²) in [5, 5.41) is 0. The maximum absolute atomic E-state index is 5.79. The van der Waals surface area contributed by atoms with Crippen molar-refractivity contribution >= 4 is 0 Å². The Morgan fingerprint density at radius 2 is 2.14 bits per heavy atom. The SMILES string of the molecule is CN1CCC23CCCCC2C1Cc1cc2c(cc13)OCOC2. The maximum atomic E-state index is 5.79. The fraction of sp³-hybridized carbons (Fsp3) is 0.684. The highest BCUT2D eigenvalue weighted by atomic mass is 16.7. The van der Waals surface area contributed by atoms with E-state index in [4.69, 9.17) is 9.47 Å². The highest BCUT2D eigenvalue weighted by Gasteiger charge is 2.53. The van der Waals surface area contributed by atoms with Crippen LogP contribution in [0.15, 0.2) is 12.1 Å². The summed E-state index contributed by atoms with van der Waals surface area (Å²) in [5.74, 6) is 1.94. The molecule has 0 aromatic heterocycles. The minimum Gasteiger partial charge on any atom is -0.467 e. The predicted octanol–water partition coefficient (Wildman–Crippen LogP) is 3.24. The van der Waals surface area contributed by atoms with E-state index in [1.165, 1.54) is 50.6 Å². The molecule has 1 aromatic carbocycles. The number of rotatable bonds is 0. The average Bonchev–Trinajstić information content (AvgIpc) is 2.57. The van der Waals surface area contributed by atoms with Gasteiger partial charge in [0.15, 0.2) is 6.79 Å². The summed E-state index contributed by atoms with van der Waals surface area (Å²) in [6.07, 6.45) is 8.15. The minimum absolute atomic E-state index is 0.410. The molecule has 2 aliphatic carbocycles. The number of benzene rings is 1. The van der Waals surface area contributed by atoms with Crippen molar-refractivity contribution in [2.75, 3.05) is 20.4 Å². The molecule has 3 nitrogen and oxygen atoms in total. The molecule has 1 saturated carbocycles. The molecular weight excluding hydrogens is 274 g/mol. The van der Waals surface area contributed by atoms with E-state index in [0.29, 0.717) is 18.8 Å². The van der Waals surface area contributed by atoms with E-state index in [9.17, 15) is 0 Å². The lowest BCUT2D eigenvalue weighted by Gasteiger charge is -2.58. The highest BCUT2D eigenvalue weighted by Crippen LogP contribution is 2.56. The molecule has 5 rings (SSSR count). The van der Waals surface area contributed by atoms with Crippen molar-refractivity contribution in [3.8, 4) is 5.75 Å². The summed E-state index contributed by atoms with van der Waals surface area (Å²) in [6, 6.07) is 5.53. The van der Waals surface area contributed by atoms with Gasteiger partial charge in [0.1, 0.15) is 5.75 Å². The van der Waals surface area contributed by atoms with E-state index in [2.05, 4.69) is 24.1 Å². The second-order valence-electron chi connectivity index (χ2n) is 7.74. The van der Waals surface area contributed by atoms with Crippen molar-refractivity contribution < 1.29 is 9.47 Å². The molecule has 1 aromatic rings. The quantitative estimate of drug-likeness (QED) is 0.734. The predicted molar refractivity (Wildman–Crippen MR) is 85.1 cm³/mol. The zero-order valence-electron chi connectivity index (χ0n) is 13.4. The largest absolute Gasteiger partial charge is 0.467 e. The smallest absolute Gasteiger partial charge is 0.189 e. The first-order valence-electron chi connectivity index (χ1n) is 8.85. The Morgan fingerprint density at radius 1 is 1.18 bits per heavy atom. The van der Waals surface area contributed by atoms with Crippen LogP contribution in [-0.4, -0.2) is 31.3 Å². The van der Waals surface area contributed by atoms with Crippen LogP contribution in [0, 0.1) is 5.92 Å². The van der Waals surface area contributed by atoms with Gasteiger partial charge in [0, 0.05) is 17.0 Å². The Balaban J connectivity index is 1.69. The van der Waals surface area contributed by atoms with Crippen LogP contribution < -0.4 is 4.74 Å². The van der Waals surface area contributed by atoms with Gasteiger partial charge in [-0.15, -0.1) is 0 Å². The van der Waals surface area contributed by atoms with Crippen LogP contribution in [0.4, 0.5) is 0 Å². The van der Waals surface area contributed by atoms with Gasteiger partial charge in [-0.25, -0.2) is 0 Å². The Hall–Kier alpha value is -1.06. The van der Waals surface area contributed by atoms with E-state index >= 15 is 0 Å². The summed E-state index contributed by atoms with van der Waals surface area (Å²) in [6.45, 7) is 2.37. The molecular formula is C19H25NO2. The van der Waals surface area contributed by atoms with Crippen LogP contribution >= 0.6 is 0 Å². The van der Waals surface area contributed by atoms with Crippen molar-refractivity contribution in [1.29, 1.82) is 0 Å². The Morgan fingerprint density at radius 3 is 3.09 bits per heavy atom. The third kappa shape index (κ3) is 1.70. The molecule has 3 heteroatoms. The third-order valence-electron chi connectivity index (χ3n) is 6.85. The van der Waals surface area contributed by atoms with E-state index in [1.54, 1.807) is 11.1 Å². The number of hydrogen-bond donors (Lipinski definition) is 0. The van der Waals surface area contributed by atoms with Gasteiger partial charge in [0.2, 0.25) is 0 Å². The van der Waals surface area contributed by atoms with Gasteiger partial charge in [-0.3, -0.25) is 0 Å². The molecule has 3 atom stereocenters. The zero-order valence-corrected chi connectivity index (χ0v) is 13.4. The van der Waals surface area contributed by atoms with Gasteiger partial charge in [0.05, 0.1) is 6.61 Å². The molecule has 3 unspecified atom stereocenters. The molecule has 2 heterocycles. The van der Waals surface area contributed by atoms with Gasteiger partial charge in [-0.2, -0.15) is 0 Å². The highest BCUT2D eigenvalue weighted by molar-refractivity contribution is 5.50. The zero-order chi connectivity index (χ0) is 14.7. The Bertz CT molecular complexity index is 614. The molecule has 4 aliphatic rings. The minimum atomic E-state index is 0.410. The fourth-order valence-electron chi connectivity index (χ4n) is 5.79. The molecule has 118 valence electrons. The summed E-state index contributed by atoms with van der Waals surface area (Å²) in [5.41, 5.74) is 4.88. The van der Waals surface area contributed by atoms with Gasteiger partial charge < -0.3 is 14.4 Å². The van der Waals surface area contributed by atoms with E-state index in [1.807, 2.05) is 0 Å². The summed E-state index contributed by atoms with van der Waals surface area (Å²) in [4.78, 5) is 2.63. The number of likely N-dealkylation sites (N-methyl/N-ethyl adjacent to an activating group) is 1. The van der Waals surface area contributed by atoms with Crippen molar-refractivity contribution in [1.82, 2.24) is 4.90 Å². The van der Waals surface area contributed by atoms with Crippen LogP contribution in [-0.2, 0) is 23.2 Å². The molecule has 0 N–H and O–H groups in total. The number of fused-ring (bicyclic) bond motifs is 2.